The molecule has 1 saturated heterocycles. The Morgan fingerprint density at radius 2 is 2.23 bits per heavy atom. The van der Waals surface area contributed by atoms with E-state index in [1.807, 2.05) is 0 Å². The number of carbonyl (C=O) groups is 3. The van der Waals surface area contributed by atoms with E-state index in [0.29, 0.717) is 17.1 Å². The highest BCUT2D eigenvalue weighted by Crippen LogP contribution is 2.32. The van der Waals surface area contributed by atoms with Crippen LogP contribution in [0.3, 0.4) is 0 Å². The standard InChI is InChI=1S/C14H18N4O4/c1-22-11-3-2-9(16-12(19)4-6-15)8-10(11)18-7-5-13(20)17-14(18)21/h2-3,8H,4-7,15H2,1H3,(H,16,19)(H,17,20,21). The van der Waals surface area contributed by atoms with E-state index in [1.165, 1.54) is 12.0 Å². The molecule has 4 amide bonds. The number of methoxy groups -OCH3 is 1. The highest BCUT2D eigenvalue weighted by Gasteiger charge is 2.26. The maximum Gasteiger partial charge on any atom is 0.328 e. The van der Waals surface area contributed by atoms with E-state index in [1.54, 1.807) is 18.2 Å². The van der Waals surface area contributed by atoms with Crippen LogP contribution in [0.1, 0.15) is 12.8 Å². The van der Waals surface area contributed by atoms with Gasteiger partial charge in [-0.15, -0.1) is 0 Å². The first-order valence-electron chi connectivity index (χ1n) is 6.84. The molecule has 4 N–H and O–H groups in total. The van der Waals surface area contributed by atoms with Crippen LogP contribution in [0.15, 0.2) is 18.2 Å². The Kier molecular flexibility index (Phi) is 4.95. The van der Waals surface area contributed by atoms with Crippen LogP contribution in [0.4, 0.5) is 16.2 Å². The van der Waals surface area contributed by atoms with Crippen LogP contribution in [-0.2, 0) is 9.59 Å². The maximum atomic E-state index is 11.9. The summed E-state index contributed by atoms with van der Waals surface area (Å²) >= 11 is 0. The molecule has 1 fully saturated rings. The second-order valence-corrected chi connectivity index (χ2v) is 4.73. The highest BCUT2D eigenvalue weighted by molar-refractivity contribution is 6.06. The Balaban J connectivity index is 2.26. The summed E-state index contributed by atoms with van der Waals surface area (Å²) in [7, 11) is 1.48. The zero-order chi connectivity index (χ0) is 16.1. The van der Waals surface area contributed by atoms with Crippen molar-refractivity contribution in [3.8, 4) is 5.75 Å². The van der Waals surface area contributed by atoms with Gasteiger partial charge in [0.2, 0.25) is 11.8 Å². The molecule has 0 spiro atoms. The fourth-order valence-corrected chi connectivity index (χ4v) is 2.13. The number of benzene rings is 1. The van der Waals surface area contributed by atoms with Crippen LogP contribution in [0.2, 0.25) is 0 Å². The first-order valence-corrected chi connectivity index (χ1v) is 6.84. The number of rotatable bonds is 5. The summed E-state index contributed by atoms with van der Waals surface area (Å²) < 4.78 is 5.24. The number of urea groups is 1. The van der Waals surface area contributed by atoms with Crippen LogP contribution in [0.25, 0.3) is 0 Å². The van der Waals surface area contributed by atoms with E-state index in [4.69, 9.17) is 10.5 Å². The van der Waals surface area contributed by atoms with Crippen LogP contribution < -0.4 is 26.0 Å². The van der Waals surface area contributed by atoms with Crippen molar-refractivity contribution in [3.05, 3.63) is 18.2 Å². The Labute approximate surface area is 127 Å². The second kappa shape index (κ2) is 6.90. The number of amides is 4. The molecule has 0 unspecified atom stereocenters. The average molecular weight is 306 g/mol. The molecule has 8 nitrogen and oxygen atoms in total. The van der Waals surface area contributed by atoms with Gasteiger partial charge in [0.05, 0.1) is 12.8 Å². The van der Waals surface area contributed by atoms with Crippen LogP contribution in [-0.4, -0.2) is 38.0 Å². The molecule has 0 bridgehead atoms. The molecule has 1 heterocycles. The molecule has 22 heavy (non-hydrogen) atoms. The van der Waals surface area contributed by atoms with Crippen molar-refractivity contribution >= 4 is 29.2 Å². The third-order valence-corrected chi connectivity index (χ3v) is 3.18. The van der Waals surface area contributed by atoms with Crippen molar-refractivity contribution in [1.29, 1.82) is 0 Å². The Bertz CT molecular complexity index is 603. The Morgan fingerprint density at radius 3 is 2.86 bits per heavy atom. The third-order valence-electron chi connectivity index (χ3n) is 3.18. The minimum Gasteiger partial charge on any atom is -0.495 e. The molecule has 0 atom stereocenters. The zero-order valence-corrected chi connectivity index (χ0v) is 12.2. The largest absolute Gasteiger partial charge is 0.495 e. The van der Waals surface area contributed by atoms with Crippen molar-refractivity contribution in [2.45, 2.75) is 12.8 Å². The van der Waals surface area contributed by atoms with E-state index in [9.17, 15) is 14.4 Å². The molecule has 1 aromatic rings. The lowest BCUT2D eigenvalue weighted by Gasteiger charge is -2.28. The summed E-state index contributed by atoms with van der Waals surface area (Å²) in [6.45, 7) is 0.507. The summed E-state index contributed by atoms with van der Waals surface area (Å²) in [4.78, 5) is 36.2. The van der Waals surface area contributed by atoms with Gasteiger partial charge in [0.25, 0.3) is 0 Å². The molecule has 8 heteroatoms. The SMILES string of the molecule is COc1ccc(NC(=O)CCN)cc1N1CCC(=O)NC1=O. The third kappa shape index (κ3) is 3.53. The van der Waals surface area contributed by atoms with Crippen LogP contribution >= 0.6 is 0 Å². The molecular formula is C14H18N4O4. The van der Waals surface area contributed by atoms with E-state index in [2.05, 4.69) is 10.6 Å². The fraction of sp³-hybridized carbons (Fsp3) is 0.357. The van der Waals surface area contributed by atoms with E-state index in [0.717, 1.165) is 0 Å². The Hall–Kier alpha value is -2.61. The van der Waals surface area contributed by atoms with Crippen molar-refractivity contribution in [2.24, 2.45) is 5.73 Å². The normalized spacial score (nSPS) is 14.5. The average Bonchev–Trinajstić information content (AvgIpc) is 2.47. The summed E-state index contributed by atoms with van der Waals surface area (Å²) in [5, 5.41) is 4.95. The van der Waals surface area contributed by atoms with Gasteiger partial charge >= 0.3 is 6.03 Å². The van der Waals surface area contributed by atoms with Gasteiger partial charge in [-0.3, -0.25) is 19.8 Å². The van der Waals surface area contributed by atoms with E-state index < -0.39 is 6.03 Å². The van der Waals surface area contributed by atoms with Crippen molar-refractivity contribution < 1.29 is 19.1 Å². The number of imide groups is 1. The number of nitrogens with two attached hydrogens (primary N) is 1. The molecule has 1 aliphatic rings. The minimum absolute atomic E-state index is 0.207. The molecule has 0 aromatic heterocycles. The number of hydrogen-bond acceptors (Lipinski definition) is 5. The first-order chi connectivity index (χ1) is 10.5. The number of carbonyl (C=O) groups excluding carboxylic acids is 3. The highest BCUT2D eigenvalue weighted by atomic mass is 16.5. The molecule has 0 aliphatic carbocycles. The number of anilines is 2. The second-order valence-electron chi connectivity index (χ2n) is 4.73. The van der Waals surface area contributed by atoms with Gasteiger partial charge in [-0.05, 0) is 18.2 Å². The van der Waals surface area contributed by atoms with Gasteiger partial charge in [0.1, 0.15) is 5.75 Å². The lowest BCUT2D eigenvalue weighted by Crippen LogP contribution is -2.49. The van der Waals surface area contributed by atoms with Gasteiger partial charge in [0.15, 0.2) is 0 Å². The Morgan fingerprint density at radius 1 is 1.45 bits per heavy atom. The van der Waals surface area contributed by atoms with Gasteiger partial charge in [-0.25, -0.2) is 4.79 Å². The van der Waals surface area contributed by atoms with Crippen molar-refractivity contribution in [3.63, 3.8) is 0 Å². The summed E-state index contributed by atoms with van der Waals surface area (Å²) in [5.74, 6) is -0.0502. The molecule has 1 aliphatic heterocycles. The zero-order valence-electron chi connectivity index (χ0n) is 12.2. The summed E-state index contributed by atoms with van der Waals surface area (Å²) in [5.41, 5.74) is 6.34. The monoisotopic (exact) mass is 306 g/mol. The topological polar surface area (TPSA) is 114 Å². The van der Waals surface area contributed by atoms with Gasteiger partial charge in [-0.2, -0.15) is 0 Å². The lowest BCUT2D eigenvalue weighted by molar-refractivity contribution is -0.120. The number of nitrogens with one attached hydrogen (secondary N) is 2. The smallest absolute Gasteiger partial charge is 0.328 e. The number of nitrogens with zero attached hydrogens (tertiary/aromatic N) is 1. The predicted molar refractivity (Wildman–Crippen MR) is 80.8 cm³/mol. The van der Waals surface area contributed by atoms with Crippen LogP contribution in [0.5, 0.6) is 5.75 Å². The van der Waals surface area contributed by atoms with Crippen LogP contribution in [0, 0.1) is 0 Å². The molecule has 0 saturated carbocycles. The molecule has 2 rings (SSSR count). The van der Waals surface area contributed by atoms with Gasteiger partial charge in [-0.1, -0.05) is 0 Å². The predicted octanol–water partition coefficient (Wildman–Crippen LogP) is 0.429. The number of ether oxygens (including phenoxy) is 1. The molecular weight excluding hydrogens is 288 g/mol. The summed E-state index contributed by atoms with van der Waals surface area (Å²) in [6, 6.07) is 4.43. The van der Waals surface area contributed by atoms with Gasteiger partial charge < -0.3 is 15.8 Å². The molecule has 0 radical (unpaired) electrons. The van der Waals surface area contributed by atoms with Crippen molar-refractivity contribution in [1.82, 2.24) is 5.32 Å². The minimum atomic E-state index is -0.514. The van der Waals surface area contributed by atoms with Gasteiger partial charge in [0, 0.05) is 31.6 Å². The summed E-state index contributed by atoms with van der Waals surface area (Å²) in [6.07, 6.45) is 0.415. The molecule has 118 valence electrons. The first kappa shape index (κ1) is 15.8. The maximum absolute atomic E-state index is 11.9. The quantitative estimate of drug-likeness (QED) is 0.730. The lowest BCUT2D eigenvalue weighted by atomic mass is 10.2. The van der Waals surface area contributed by atoms with Crippen molar-refractivity contribution in [2.75, 3.05) is 30.4 Å². The van der Waals surface area contributed by atoms with E-state index >= 15 is 0 Å². The fourth-order valence-electron chi connectivity index (χ4n) is 2.13. The number of hydrogen-bond donors (Lipinski definition) is 3. The molecule has 1 aromatic carbocycles. The van der Waals surface area contributed by atoms with E-state index in [-0.39, 0.29) is 37.7 Å².